The third kappa shape index (κ3) is 1.29. The van der Waals surface area contributed by atoms with Gasteiger partial charge in [-0.25, -0.2) is 4.98 Å². The minimum atomic E-state index is 0.761. The number of hydrogen-bond donors (Lipinski definition) is 0. The van der Waals surface area contributed by atoms with Crippen molar-refractivity contribution in [1.82, 2.24) is 4.98 Å². The fourth-order valence-electron chi connectivity index (χ4n) is 1.48. The quantitative estimate of drug-likeness (QED) is 0.521. The van der Waals surface area contributed by atoms with E-state index in [1.54, 1.807) is 11.8 Å². The van der Waals surface area contributed by atoms with E-state index in [9.17, 15) is 0 Å². The number of hydrogen-bond acceptors (Lipinski definition) is 2. The van der Waals surface area contributed by atoms with E-state index < -0.39 is 0 Å². The van der Waals surface area contributed by atoms with Gasteiger partial charge in [0, 0.05) is 11.1 Å². The summed E-state index contributed by atoms with van der Waals surface area (Å²) in [6, 6.07) is 12.8. The molecule has 1 aromatic heterocycles. The van der Waals surface area contributed by atoms with Gasteiger partial charge in [-0.05, 0) is 22.5 Å². The van der Waals surface area contributed by atoms with Crippen LogP contribution < -0.4 is 10.4 Å². The second-order valence-corrected chi connectivity index (χ2v) is 5.44. The summed E-state index contributed by atoms with van der Waals surface area (Å²) in [6.45, 7) is 0. The van der Waals surface area contributed by atoms with Gasteiger partial charge in [-0.2, -0.15) is 0 Å². The molecule has 14 heavy (non-hydrogen) atoms. The number of benzene rings is 1. The molecule has 1 nitrogen and oxygen atoms in total. The topological polar surface area (TPSA) is 12.9 Å². The van der Waals surface area contributed by atoms with Crippen molar-refractivity contribution >= 4 is 31.7 Å². The molecule has 2 heterocycles. The fourth-order valence-corrected chi connectivity index (χ4v) is 3.94. The molecule has 2 radical (unpaired) electrons. The van der Waals surface area contributed by atoms with Crippen molar-refractivity contribution in [2.24, 2.45) is 0 Å². The Morgan fingerprint density at radius 2 is 1.86 bits per heavy atom. The van der Waals surface area contributed by atoms with Crippen molar-refractivity contribution in [3.05, 3.63) is 42.6 Å². The molecule has 0 fully saturated rings. The Hall–Kier alpha value is -1.06. The highest BCUT2D eigenvalue weighted by atomic mass is 32.2. The van der Waals surface area contributed by atoms with Crippen LogP contribution in [0.25, 0.3) is 0 Å². The van der Waals surface area contributed by atoms with E-state index in [-0.39, 0.29) is 0 Å². The molecule has 0 saturated carbocycles. The van der Waals surface area contributed by atoms with Gasteiger partial charge in [-0.3, -0.25) is 0 Å². The summed E-state index contributed by atoms with van der Waals surface area (Å²) in [5.41, 5.74) is 0. The molecule has 0 aliphatic carbocycles. The molecule has 0 amide bonds. The predicted octanol–water partition coefficient (Wildman–Crippen LogP) is 1.20. The predicted molar refractivity (Wildman–Crippen MR) is 59.8 cm³/mol. The minimum absolute atomic E-state index is 0.761. The van der Waals surface area contributed by atoms with E-state index in [2.05, 4.69) is 35.3 Å². The summed E-state index contributed by atoms with van der Waals surface area (Å²) >= 11 is 1.78. The van der Waals surface area contributed by atoms with Crippen molar-refractivity contribution in [1.29, 1.82) is 0 Å². The lowest BCUT2D eigenvalue weighted by Crippen LogP contribution is -2.33. The number of aromatic nitrogens is 1. The summed E-state index contributed by atoms with van der Waals surface area (Å²) in [6.07, 6.45) is 1.87. The average molecular weight is 213 g/mol. The van der Waals surface area contributed by atoms with Crippen LogP contribution in [0.4, 0.5) is 0 Å². The van der Waals surface area contributed by atoms with Crippen LogP contribution in [0.5, 0.6) is 0 Å². The zero-order valence-corrected chi connectivity index (χ0v) is 9.21. The molecule has 3 rings (SSSR count). The van der Waals surface area contributed by atoms with Crippen LogP contribution in [0.15, 0.2) is 52.5 Å². The molecule has 0 spiro atoms. The van der Waals surface area contributed by atoms with Crippen LogP contribution in [0, 0.1) is 0 Å². The first-order valence-electron chi connectivity index (χ1n) is 4.42. The maximum atomic E-state index is 4.39. The van der Waals surface area contributed by atoms with Crippen LogP contribution in [0.2, 0.25) is 0 Å². The second-order valence-electron chi connectivity index (χ2n) is 3.08. The van der Waals surface area contributed by atoms with Gasteiger partial charge >= 0.3 is 0 Å². The monoisotopic (exact) mass is 213 g/mol. The molecule has 1 aliphatic rings. The highest BCUT2D eigenvalue weighted by Gasteiger charge is 2.16. The fraction of sp³-hybridized carbons (Fsp3) is 0. The van der Waals surface area contributed by atoms with Crippen molar-refractivity contribution in [3.8, 4) is 0 Å². The summed E-state index contributed by atoms with van der Waals surface area (Å²) < 4.78 is 0. The number of pyridine rings is 1. The first-order chi connectivity index (χ1) is 6.93. The van der Waals surface area contributed by atoms with E-state index in [0.29, 0.717) is 0 Å². The zero-order valence-electron chi connectivity index (χ0n) is 7.40. The van der Waals surface area contributed by atoms with Crippen LogP contribution in [0.3, 0.4) is 0 Å². The van der Waals surface area contributed by atoms with E-state index in [1.165, 1.54) is 20.3 Å². The molecule has 2 aromatic rings. The van der Waals surface area contributed by atoms with Crippen LogP contribution in [-0.2, 0) is 0 Å². The first kappa shape index (κ1) is 8.26. The van der Waals surface area contributed by atoms with E-state index in [1.807, 2.05) is 12.3 Å². The van der Waals surface area contributed by atoms with Gasteiger partial charge in [-0.1, -0.05) is 36.0 Å². The molecule has 0 atom stereocenters. The van der Waals surface area contributed by atoms with Crippen molar-refractivity contribution < 1.29 is 0 Å². The number of rotatable bonds is 0. The Balaban J connectivity index is 2.12. The Morgan fingerprint density at radius 1 is 1.00 bits per heavy atom. The lowest BCUT2D eigenvalue weighted by atomic mass is 10.4. The molecule has 1 aliphatic heterocycles. The van der Waals surface area contributed by atoms with E-state index in [0.717, 1.165) is 9.52 Å². The van der Waals surface area contributed by atoms with Crippen LogP contribution in [0.1, 0.15) is 0 Å². The van der Waals surface area contributed by atoms with Gasteiger partial charge in [0.25, 0.3) is 0 Å². The van der Waals surface area contributed by atoms with E-state index in [4.69, 9.17) is 0 Å². The maximum absolute atomic E-state index is 4.39. The minimum Gasteiger partial charge on any atom is -0.250 e. The van der Waals surface area contributed by atoms with Crippen molar-refractivity contribution in [3.63, 3.8) is 0 Å². The Kier molecular flexibility index (Phi) is 1.92. The second kappa shape index (κ2) is 3.26. The van der Waals surface area contributed by atoms with Gasteiger partial charge in [-0.15, -0.1) is 0 Å². The lowest BCUT2D eigenvalue weighted by molar-refractivity contribution is 1.15. The first-order valence-corrected chi connectivity index (χ1v) is 6.24. The Bertz CT molecular complexity index is 397. The molecule has 0 saturated heterocycles. The SMILES string of the molecule is c1ccc2c(c1)[Si]c1cccnc1S2. The lowest BCUT2D eigenvalue weighted by Gasteiger charge is -2.16. The van der Waals surface area contributed by atoms with Crippen molar-refractivity contribution in [2.75, 3.05) is 0 Å². The van der Waals surface area contributed by atoms with Gasteiger partial charge in [0.15, 0.2) is 0 Å². The van der Waals surface area contributed by atoms with Gasteiger partial charge in [0.05, 0.1) is 5.03 Å². The molecule has 3 heteroatoms. The Morgan fingerprint density at radius 3 is 2.86 bits per heavy atom. The molecule has 66 valence electrons. The summed E-state index contributed by atoms with van der Waals surface area (Å²) in [5.74, 6) is 0. The normalized spacial score (nSPS) is 13.1. The highest BCUT2D eigenvalue weighted by Crippen LogP contribution is 2.25. The highest BCUT2D eigenvalue weighted by molar-refractivity contribution is 8.00. The van der Waals surface area contributed by atoms with Gasteiger partial charge < -0.3 is 0 Å². The smallest absolute Gasteiger partial charge is 0.126 e. The molecule has 0 N–H and O–H groups in total. The molecule has 1 aromatic carbocycles. The summed E-state index contributed by atoms with van der Waals surface area (Å²) in [4.78, 5) is 5.75. The molecular formula is C11H7NSSi. The standard InChI is InChI=1S/C11H7NSSi/c1-2-5-9-8(4-1)13-11-10(14-9)6-3-7-12-11/h1-7H. The van der Waals surface area contributed by atoms with Gasteiger partial charge in [0.1, 0.15) is 9.52 Å². The molecule has 0 unspecified atom stereocenters. The molecule has 0 bridgehead atoms. The average Bonchev–Trinajstić information content (AvgIpc) is 2.26. The Labute approximate surface area is 89.4 Å². The van der Waals surface area contributed by atoms with E-state index >= 15 is 0 Å². The summed E-state index contributed by atoms with van der Waals surface area (Å²) in [5, 5.41) is 3.98. The maximum Gasteiger partial charge on any atom is 0.126 e. The number of fused-ring (bicyclic) bond motifs is 2. The third-order valence-corrected chi connectivity index (χ3v) is 4.97. The third-order valence-electron chi connectivity index (χ3n) is 2.13. The summed E-state index contributed by atoms with van der Waals surface area (Å²) in [7, 11) is 0.761. The van der Waals surface area contributed by atoms with Crippen LogP contribution in [-0.4, -0.2) is 14.5 Å². The number of nitrogens with zero attached hydrogens (tertiary/aromatic N) is 1. The zero-order chi connectivity index (χ0) is 9.38. The van der Waals surface area contributed by atoms with Crippen LogP contribution >= 0.6 is 11.8 Å². The van der Waals surface area contributed by atoms with Crippen molar-refractivity contribution in [2.45, 2.75) is 9.92 Å². The van der Waals surface area contributed by atoms with Gasteiger partial charge in [0.2, 0.25) is 0 Å². The largest absolute Gasteiger partial charge is 0.250 e. The molecular weight excluding hydrogens is 206 g/mol.